The summed E-state index contributed by atoms with van der Waals surface area (Å²) in [6.07, 6.45) is 1.49. The van der Waals surface area contributed by atoms with Crippen molar-refractivity contribution in [3.8, 4) is 5.75 Å². The van der Waals surface area contributed by atoms with E-state index in [4.69, 9.17) is 16.3 Å². The van der Waals surface area contributed by atoms with Gasteiger partial charge in [-0.05, 0) is 61.1 Å². The Labute approximate surface area is 196 Å². The molecule has 7 heteroatoms. The molecule has 2 N–H and O–H groups in total. The fourth-order valence-electron chi connectivity index (χ4n) is 4.03. The van der Waals surface area contributed by atoms with Gasteiger partial charge in [0.2, 0.25) is 5.91 Å². The van der Waals surface area contributed by atoms with Gasteiger partial charge in [-0.25, -0.2) is 0 Å². The fourth-order valence-corrected chi connectivity index (χ4v) is 5.30. The zero-order chi connectivity index (χ0) is 22.8. The van der Waals surface area contributed by atoms with Gasteiger partial charge >= 0.3 is 0 Å². The van der Waals surface area contributed by atoms with Gasteiger partial charge in [0.05, 0.1) is 18.4 Å². The normalized spacial score (nSPS) is 17.0. The van der Waals surface area contributed by atoms with Gasteiger partial charge in [0.1, 0.15) is 10.8 Å². The van der Waals surface area contributed by atoms with Crippen LogP contribution in [0.3, 0.4) is 0 Å². The first kappa shape index (κ1) is 22.4. The Bertz CT molecular complexity index is 1160. The lowest BCUT2D eigenvalue weighted by atomic mass is 10.1. The average Bonchev–Trinajstić information content (AvgIpc) is 3.52. The lowest BCUT2D eigenvalue weighted by molar-refractivity contribution is -0.117. The summed E-state index contributed by atoms with van der Waals surface area (Å²) in [7, 11) is 1.57. The number of anilines is 2. The van der Waals surface area contributed by atoms with Gasteiger partial charge in [-0.2, -0.15) is 0 Å². The van der Waals surface area contributed by atoms with Crippen molar-refractivity contribution in [1.82, 2.24) is 0 Å². The number of para-hydroxylation sites is 2. The van der Waals surface area contributed by atoms with Gasteiger partial charge in [0.25, 0.3) is 5.91 Å². The summed E-state index contributed by atoms with van der Waals surface area (Å²) < 4.78 is 5.35. The van der Waals surface area contributed by atoms with E-state index in [0.29, 0.717) is 33.4 Å². The highest BCUT2D eigenvalue weighted by atomic mass is 35.5. The topological polar surface area (TPSA) is 67.4 Å². The molecule has 166 valence electrons. The first-order chi connectivity index (χ1) is 15.4. The minimum absolute atomic E-state index is 0.0554. The Balaban J connectivity index is 1.54. The number of aryl methyl sites for hydroxylation is 1. The SMILES string of the molecule is CCc1c(C)sc(NC(=O)[C@H]2C[C@H]2c2ccc(Cl)cc2)c1C(=O)Nc1ccccc1OC. The minimum atomic E-state index is -0.254. The monoisotopic (exact) mass is 468 g/mol. The second-order valence-corrected chi connectivity index (χ2v) is 9.50. The summed E-state index contributed by atoms with van der Waals surface area (Å²) in [5.41, 5.74) is 3.18. The lowest BCUT2D eigenvalue weighted by Crippen LogP contribution is -2.19. The van der Waals surface area contributed by atoms with Crippen LogP contribution >= 0.6 is 22.9 Å². The van der Waals surface area contributed by atoms with Crippen molar-refractivity contribution >= 4 is 45.4 Å². The molecule has 0 radical (unpaired) electrons. The number of thiophene rings is 1. The van der Waals surface area contributed by atoms with Crippen molar-refractivity contribution in [2.75, 3.05) is 17.7 Å². The zero-order valence-corrected chi connectivity index (χ0v) is 19.8. The Hall–Kier alpha value is -2.83. The highest BCUT2D eigenvalue weighted by molar-refractivity contribution is 7.16. The van der Waals surface area contributed by atoms with Gasteiger partial charge in [0.15, 0.2) is 0 Å². The molecule has 0 saturated heterocycles. The van der Waals surface area contributed by atoms with Crippen LogP contribution in [0.15, 0.2) is 48.5 Å². The van der Waals surface area contributed by atoms with Crippen molar-refractivity contribution < 1.29 is 14.3 Å². The van der Waals surface area contributed by atoms with Crippen molar-refractivity contribution in [3.63, 3.8) is 0 Å². The fraction of sp³-hybridized carbons (Fsp3) is 0.280. The van der Waals surface area contributed by atoms with Gasteiger partial charge in [-0.1, -0.05) is 42.8 Å². The molecule has 1 saturated carbocycles. The molecule has 0 bridgehead atoms. The zero-order valence-electron chi connectivity index (χ0n) is 18.2. The van der Waals surface area contributed by atoms with Gasteiger partial charge in [0, 0.05) is 15.8 Å². The lowest BCUT2D eigenvalue weighted by Gasteiger charge is -2.12. The summed E-state index contributed by atoms with van der Waals surface area (Å²) in [5, 5.41) is 7.26. The summed E-state index contributed by atoms with van der Waals surface area (Å²) in [6.45, 7) is 3.99. The Morgan fingerprint density at radius 2 is 1.84 bits per heavy atom. The predicted octanol–water partition coefficient (Wildman–Crippen LogP) is 6.28. The Morgan fingerprint density at radius 3 is 2.53 bits per heavy atom. The second kappa shape index (κ2) is 9.35. The van der Waals surface area contributed by atoms with Crippen molar-refractivity contribution in [2.45, 2.75) is 32.6 Å². The molecule has 4 rings (SSSR count). The van der Waals surface area contributed by atoms with Crippen LogP contribution in [0.1, 0.15) is 45.6 Å². The number of nitrogens with one attached hydrogen (secondary N) is 2. The van der Waals surface area contributed by atoms with Crippen LogP contribution < -0.4 is 15.4 Å². The van der Waals surface area contributed by atoms with E-state index >= 15 is 0 Å². The number of carbonyl (C=O) groups is 2. The van der Waals surface area contributed by atoms with E-state index in [9.17, 15) is 9.59 Å². The minimum Gasteiger partial charge on any atom is -0.495 e. The quantitative estimate of drug-likeness (QED) is 0.429. The van der Waals surface area contributed by atoms with Crippen LogP contribution in [0.4, 0.5) is 10.7 Å². The molecule has 1 aliphatic rings. The third-order valence-electron chi connectivity index (χ3n) is 5.81. The van der Waals surface area contributed by atoms with Crippen LogP contribution in [-0.2, 0) is 11.2 Å². The number of hydrogen-bond acceptors (Lipinski definition) is 4. The van der Waals surface area contributed by atoms with Crippen molar-refractivity contribution in [3.05, 3.63) is 75.1 Å². The second-order valence-electron chi connectivity index (χ2n) is 7.84. The third kappa shape index (κ3) is 4.52. The molecule has 0 unspecified atom stereocenters. The van der Waals surface area contributed by atoms with Crippen LogP contribution in [0.2, 0.25) is 5.02 Å². The van der Waals surface area contributed by atoms with E-state index in [1.54, 1.807) is 19.2 Å². The van der Waals surface area contributed by atoms with E-state index in [-0.39, 0.29) is 23.7 Å². The summed E-state index contributed by atoms with van der Waals surface area (Å²) >= 11 is 7.42. The smallest absolute Gasteiger partial charge is 0.259 e. The Morgan fingerprint density at radius 1 is 1.12 bits per heavy atom. The predicted molar refractivity (Wildman–Crippen MR) is 130 cm³/mol. The van der Waals surface area contributed by atoms with Crippen LogP contribution in [0.5, 0.6) is 5.75 Å². The number of amides is 2. The first-order valence-electron chi connectivity index (χ1n) is 10.6. The maximum atomic E-state index is 13.3. The molecule has 0 spiro atoms. The molecule has 1 heterocycles. The van der Waals surface area contributed by atoms with Crippen LogP contribution in [0, 0.1) is 12.8 Å². The number of rotatable bonds is 7. The molecule has 1 fully saturated rings. The molecule has 1 aromatic heterocycles. The number of ether oxygens (including phenoxy) is 1. The van der Waals surface area contributed by atoms with Gasteiger partial charge in [-0.15, -0.1) is 11.3 Å². The molecule has 2 amide bonds. The van der Waals surface area contributed by atoms with E-state index < -0.39 is 0 Å². The summed E-state index contributed by atoms with van der Waals surface area (Å²) in [6, 6.07) is 14.9. The summed E-state index contributed by atoms with van der Waals surface area (Å²) in [5.74, 6) is 0.357. The standard InChI is InChI=1S/C25H25ClN2O3S/c1-4-17-14(2)32-25(22(17)24(30)27-20-7-5-6-8-21(20)31-3)28-23(29)19-13-18(19)15-9-11-16(26)12-10-15/h5-12,18-19H,4,13H2,1-3H3,(H,27,30)(H,28,29)/t18-,19-/m0/s1. The molecule has 1 aliphatic carbocycles. The number of benzene rings is 2. The number of methoxy groups -OCH3 is 1. The first-order valence-corrected chi connectivity index (χ1v) is 11.7. The molecule has 3 aromatic rings. The molecule has 2 aromatic carbocycles. The molecular formula is C25H25ClN2O3S. The number of hydrogen-bond donors (Lipinski definition) is 2. The molecule has 0 aliphatic heterocycles. The highest BCUT2D eigenvalue weighted by Gasteiger charge is 2.44. The molecule has 32 heavy (non-hydrogen) atoms. The number of carbonyl (C=O) groups excluding carboxylic acids is 2. The third-order valence-corrected chi connectivity index (χ3v) is 7.12. The maximum absolute atomic E-state index is 13.3. The van der Waals surface area contributed by atoms with Gasteiger partial charge in [-0.3, -0.25) is 9.59 Å². The van der Waals surface area contributed by atoms with E-state index in [1.807, 2.05) is 50.2 Å². The average molecular weight is 469 g/mol. The Kier molecular flexibility index (Phi) is 6.53. The van der Waals surface area contributed by atoms with E-state index in [1.165, 1.54) is 11.3 Å². The van der Waals surface area contributed by atoms with Crippen molar-refractivity contribution in [1.29, 1.82) is 0 Å². The molecule has 5 nitrogen and oxygen atoms in total. The van der Waals surface area contributed by atoms with Crippen molar-refractivity contribution in [2.24, 2.45) is 5.92 Å². The number of halogens is 1. The largest absolute Gasteiger partial charge is 0.495 e. The summed E-state index contributed by atoms with van der Waals surface area (Å²) in [4.78, 5) is 27.3. The van der Waals surface area contributed by atoms with E-state index in [2.05, 4.69) is 10.6 Å². The molecule has 2 atom stereocenters. The van der Waals surface area contributed by atoms with Crippen LogP contribution in [0.25, 0.3) is 0 Å². The maximum Gasteiger partial charge on any atom is 0.259 e. The molecular weight excluding hydrogens is 444 g/mol. The van der Waals surface area contributed by atoms with Crippen LogP contribution in [-0.4, -0.2) is 18.9 Å². The van der Waals surface area contributed by atoms with E-state index in [0.717, 1.165) is 22.4 Å². The highest BCUT2D eigenvalue weighted by Crippen LogP contribution is 2.48. The van der Waals surface area contributed by atoms with Gasteiger partial charge < -0.3 is 15.4 Å².